The Bertz CT molecular complexity index is 1830. The van der Waals surface area contributed by atoms with Crippen LogP contribution in [-0.4, -0.2) is 106 Å². The van der Waals surface area contributed by atoms with E-state index in [1.807, 2.05) is 0 Å². The number of nitrogens with zero attached hydrogens (tertiary/aromatic N) is 5. The first-order valence-corrected chi connectivity index (χ1v) is 18.1. The minimum Gasteiger partial charge on any atom is -0.756 e. The average Bonchev–Trinajstić information content (AvgIpc) is 3.65. The summed E-state index contributed by atoms with van der Waals surface area (Å²) in [6.07, 6.45) is -2.84. The van der Waals surface area contributed by atoms with Gasteiger partial charge in [0, 0.05) is 18.2 Å². The third kappa shape index (κ3) is 8.28. The number of aliphatic hydroxyl groups is 4. The fourth-order valence-electron chi connectivity index (χ4n) is 4.93. The van der Waals surface area contributed by atoms with Gasteiger partial charge < -0.3 is 55.7 Å². The van der Waals surface area contributed by atoms with Gasteiger partial charge in [-0.05, 0) is 6.07 Å². The molecule has 10 atom stereocenters. The van der Waals surface area contributed by atoms with Crippen LogP contribution in [0.3, 0.4) is 0 Å². The number of nitrogen functional groups attached to an aromatic ring is 1. The quantitative estimate of drug-likeness (QED) is 0.0294. The number of aliphatic hydroxyl groups excluding tert-OH is 4. The summed E-state index contributed by atoms with van der Waals surface area (Å²) in [7, 11) is -11.1. The number of anilines is 1. The number of carbonyl (C=O) groups excluding carboxylic acids is 1. The van der Waals surface area contributed by atoms with E-state index >= 15 is 0 Å². The summed E-state index contributed by atoms with van der Waals surface area (Å²) < 4.78 is 52.3. The number of fused-ring (bicyclic) bond motifs is 1. The summed E-state index contributed by atoms with van der Waals surface area (Å²) in [5.74, 6) is 2.13. The Morgan fingerprint density at radius 1 is 1.12 bits per heavy atom. The van der Waals surface area contributed by atoms with Crippen LogP contribution in [0.25, 0.3) is 11.2 Å². The van der Waals surface area contributed by atoms with Gasteiger partial charge in [-0.3, -0.25) is 18.5 Å². The summed E-state index contributed by atoms with van der Waals surface area (Å²) in [6.45, 7) is -1.93. The van der Waals surface area contributed by atoms with Crippen LogP contribution in [0.15, 0.2) is 36.0 Å². The molecule has 5 heterocycles. The van der Waals surface area contributed by atoms with Crippen LogP contribution in [-0.2, 0) is 32.0 Å². The molecule has 0 spiro atoms. The van der Waals surface area contributed by atoms with E-state index in [1.54, 1.807) is 0 Å². The Hall–Kier alpha value is -3.10. The van der Waals surface area contributed by atoms with Crippen LogP contribution in [0.1, 0.15) is 29.2 Å². The van der Waals surface area contributed by atoms with E-state index in [0.29, 0.717) is 12.2 Å². The first-order valence-electron chi connectivity index (χ1n) is 14.1. The molecule has 0 radical (unpaired) electrons. The van der Waals surface area contributed by atoms with E-state index in [4.69, 9.17) is 31.9 Å². The zero-order chi connectivity index (χ0) is 35.7. The highest BCUT2D eigenvalue weighted by molar-refractivity contribution is 7.99. The Kier molecular flexibility index (Phi) is 11.4. The summed E-state index contributed by atoms with van der Waals surface area (Å²) in [5, 5.41) is 42.6. The number of imidazole rings is 1. The number of aromatic nitrogens is 5. The second-order valence-electron chi connectivity index (χ2n) is 10.6. The Morgan fingerprint density at radius 3 is 2.53 bits per heavy atom. The van der Waals surface area contributed by atoms with E-state index in [1.165, 1.54) is 45.4 Å². The molecule has 2 saturated heterocycles. The fourth-order valence-corrected chi connectivity index (χ4v) is 7.88. The minimum atomic E-state index is -5.65. The van der Waals surface area contributed by atoms with Crippen molar-refractivity contribution in [3.8, 4) is 12.3 Å². The number of phosphoric ester groups is 2. The largest absolute Gasteiger partial charge is 0.756 e. The van der Waals surface area contributed by atoms with E-state index in [-0.39, 0.29) is 27.7 Å². The predicted octanol–water partition coefficient (Wildman–Crippen LogP) is -2.53. The van der Waals surface area contributed by atoms with Gasteiger partial charge in [-0.2, -0.15) is 4.57 Å². The second kappa shape index (κ2) is 15.0. The van der Waals surface area contributed by atoms with Crippen LogP contribution < -0.4 is 20.9 Å². The molecule has 24 heteroatoms. The highest BCUT2D eigenvalue weighted by atomic mass is 32.2. The molecule has 0 aromatic carbocycles. The van der Waals surface area contributed by atoms with Crippen molar-refractivity contribution < 1.29 is 71.5 Å². The van der Waals surface area contributed by atoms with Crippen molar-refractivity contribution in [3.05, 3.63) is 36.4 Å². The van der Waals surface area contributed by atoms with E-state index in [9.17, 15) is 44.1 Å². The molecule has 3 aromatic rings. The highest BCUT2D eigenvalue weighted by Crippen LogP contribution is 2.58. The van der Waals surface area contributed by atoms with Crippen molar-refractivity contribution in [2.75, 3.05) is 24.7 Å². The van der Waals surface area contributed by atoms with Crippen LogP contribution in [0, 0.1) is 12.3 Å². The topological polar surface area (TPSA) is 321 Å². The lowest BCUT2D eigenvalue weighted by Crippen LogP contribution is -2.46. The van der Waals surface area contributed by atoms with E-state index in [2.05, 4.69) is 29.7 Å². The van der Waals surface area contributed by atoms with Crippen molar-refractivity contribution in [1.29, 1.82) is 0 Å². The van der Waals surface area contributed by atoms with Gasteiger partial charge in [0.1, 0.15) is 42.4 Å². The van der Waals surface area contributed by atoms with Gasteiger partial charge in [-0.25, -0.2) is 23.8 Å². The number of thioether (sulfide) groups is 1. The zero-order valence-electron chi connectivity index (χ0n) is 25.0. The first kappa shape index (κ1) is 37.2. The third-order valence-electron chi connectivity index (χ3n) is 7.28. The van der Waals surface area contributed by atoms with Crippen molar-refractivity contribution in [2.45, 2.75) is 60.7 Å². The molecule has 2 aliphatic heterocycles. The standard InChI is InChI=1S/C25H31N7O14P2S/c1-2-3-7-49-25-30-15-20(26)28-11-29-22(15)32(25)24-19(36)17(34)14(45-24)10-43-48(40,41)46-47(38,39)42-9-13-16(33)18(35)23(44-13)31-6-4-5-12(8-31)21(27)37/h1,4-6,8,11,13-14,16-19,23-24,33-36H,3,7,9-10H2,(H5-,26,27,28,29,37,38,39,40,41). The Labute approximate surface area is 281 Å². The number of carbonyl (C=O) groups is 1. The number of rotatable bonds is 14. The van der Waals surface area contributed by atoms with Gasteiger partial charge in [-0.15, -0.1) is 12.3 Å². The number of primary amides is 1. The molecule has 1 amide bonds. The SMILES string of the molecule is C#CCCSc1nc2c(N)ncnc2n1C1OC(COP(=O)(O)OP(=O)([O-])OCC2OC([n+]3cccc(C(N)=O)c3)C(O)C2O)C(O)C1O. The lowest BCUT2D eigenvalue weighted by Gasteiger charge is -2.26. The molecule has 0 saturated carbocycles. The molecule has 5 rings (SSSR count). The maximum atomic E-state index is 12.6. The van der Waals surface area contributed by atoms with Crippen molar-refractivity contribution in [2.24, 2.45) is 5.73 Å². The van der Waals surface area contributed by atoms with Crippen LogP contribution in [0.2, 0.25) is 0 Å². The lowest BCUT2D eigenvalue weighted by atomic mass is 10.1. The third-order valence-corrected chi connectivity index (χ3v) is 10.8. The number of pyridine rings is 1. The first-order chi connectivity index (χ1) is 23.1. The fraction of sp³-hybridized carbons (Fsp3) is 0.480. The van der Waals surface area contributed by atoms with Gasteiger partial charge in [-0.1, -0.05) is 11.8 Å². The molecule has 10 unspecified atom stereocenters. The van der Waals surface area contributed by atoms with E-state index in [0.717, 1.165) is 6.33 Å². The lowest BCUT2D eigenvalue weighted by molar-refractivity contribution is -0.765. The minimum absolute atomic E-state index is 0.0250. The number of nitrogens with two attached hydrogens (primary N) is 2. The van der Waals surface area contributed by atoms with Crippen molar-refractivity contribution in [1.82, 2.24) is 19.5 Å². The van der Waals surface area contributed by atoms with Crippen LogP contribution in [0.5, 0.6) is 0 Å². The van der Waals surface area contributed by atoms with Crippen molar-refractivity contribution >= 4 is 50.3 Å². The molecule has 3 aromatic heterocycles. The number of terminal acetylenes is 1. The Balaban J connectivity index is 1.20. The summed E-state index contributed by atoms with van der Waals surface area (Å²) in [4.78, 5) is 46.4. The molecule has 9 N–H and O–H groups in total. The molecule has 2 fully saturated rings. The molecule has 0 bridgehead atoms. The summed E-state index contributed by atoms with van der Waals surface area (Å²) >= 11 is 1.18. The average molecular weight is 748 g/mol. The summed E-state index contributed by atoms with van der Waals surface area (Å²) in [5.41, 5.74) is 11.5. The Morgan fingerprint density at radius 2 is 1.82 bits per heavy atom. The van der Waals surface area contributed by atoms with E-state index < -0.39 is 83.8 Å². The molecule has 266 valence electrons. The van der Waals surface area contributed by atoms with Gasteiger partial charge in [0.25, 0.3) is 20.0 Å². The molecule has 0 aliphatic carbocycles. The van der Waals surface area contributed by atoms with Gasteiger partial charge >= 0.3 is 7.82 Å². The molecular weight excluding hydrogens is 716 g/mol. The number of hydrogen-bond acceptors (Lipinski definition) is 18. The molecule has 2 aliphatic rings. The van der Waals surface area contributed by atoms with Gasteiger partial charge in [0.15, 0.2) is 46.9 Å². The highest BCUT2D eigenvalue weighted by Gasteiger charge is 2.49. The van der Waals surface area contributed by atoms with Gasteiger partial charge in [0.2, 0.25) is 0 Å². The number of phosphoric acid groups is 2. The zero-order valence-corrected chi connectivity index (χ0v) is 27.6. The number of hydrogen-bond donors (Lipinski definition) is 7. The maximum absolute atomic E-state index is 12.6. The molecule has 21 nitrogen and oxygen atoms in total. The van der Waals surface area contributed by atoms with Crippen LogP contribution >= 0.6 is 27.4 Å². The monoisotopic (exact) mass is 747 g/mol. The second-order valence-corrected chi connectivity index (χ2v) is 14.6. The molecular formula is C25H31N7O14P2S. The maximum Gasteiger partial charge on any atom is 0.478 e. The van der Waals surface area contributed by atoms with Crippen LogP contribution in [0.4, 0.5) is 5.82 Å². The predicted molar refractivity (Wildman–Crippen MR) is 161 cm³/mol. The normalized spacial score (nSPS) is 29.4. The smallest absolute Gasteiger partial charge is 0.478 e. The van der Waals surface area contributed by atoms with Crippen molar-refractivity contribution in [3.63, 3.8) is 0 Å². The summed E-state index contributed by atoms with van der Waals surface area (Å²) in [6, 6.07) is 2.81. The molecule has 49 heavy (non-hydrogen) atoms. The van der Waals surface area contributed by atoms with Gasteiger partial charge in [0.05, 0.1) is 13.2 Å². The number of ether oxygens (including phenoxy) is 2. The number of amides is 1.